The number of carbonyl (C=O) groups is 1. The van der Waals surface area contributed by atoms with Crippen LogP contribution in [0.4, 0.5) is 0 Å². The molecule has 1 aliphatic rings. The predicted molar refractivity (Wildman–Crippen MR) is 53.6 cm³/mol. The maximum absolute atomic E-state index is 11.1. The quantitative estimate of drug-likeness (QED) is 0.510. The standard InChI is InChI=1S/C11H16O3/c1-3-9-6-5-7-10(14-9)8-11(12)13-4-2/h3,7,9H,1,4-6,8H2,2H3. The van der Waals surface area contributed by atoms with E-state index in [9.17, 15) is 4.79 Å². The number of esters is 1. The number of rotatable bonds is 4. The van der Waals surface area contributed by atoms with E-state index in [0.717, 1.165) is 12.8 Å². The highest BCUT2D eigenvalue weighted by Gasteiger charge is 2.16. The second-order valence-electron chi connectivity index (χ2n) is 3.12. The van der Waals surface area contributed by atoms with Crippen LogP contribution >= 0.6 is 0 Å². The van der Waals surface area contributed by atoms with Gasteiger partial charge < -0.3 is 9.47 Å². The Labute approximate surface area is 84.4 Å². The lowest BCUT2D eigenvalue weighted by molar-refractivity contribution is -0.143. The number of carbonyl (C=O) groups excluding carboxylic acids is 1. The van der Waals surface area contributed by atoms with Gasteiger partial charge in [-0.15, -0.1) is 0 Å². The topological polar surface area (TPSA) is 35.5 Å². The van der Waals surface area contributed by atoms with E-state index < -0.39 is 0 Å². The molecule has 0 amide bonds. The monoisotopic (exact) mass is 196 g/mol. The Morgan fingerprint density at radius 3 is 3.29 bits per heavy atom. The van der Waals surface area contributed by atoms with Gasteiger partial charge in [0.05, 0.1) is 6.61 Å². The van der Waals surface area contributed by atoms with Crippen molar-refractivity contribution < 1.29 is 14.3 Å². The summed E-state index contributed by atoms with van der Waals surface area (Å²) < 4.78 is 10.3. The van der Waals surface area contributed by atoms with Crippen LogP contribution in [-0.4, -0.2) is 18.7 Å². The van der Waals surface area contributed by atoms with E-state index in [2.05, 4.69) is 6.58 Å². The molecule has 0 aromatic carbocycles. The van der Waals surface area contributed by atoms with Crippen LogP contribution < -0.4 is 0 Å². The molecule has 14 heavy (non-hydrogen) atoms. The van der Waals surface area contributed by atoms with Crippen molar-refractivity contribution in [2.75, 3.05) is 6.61 Å². The Kier molecular flexibility index (Phi) is 4.23. The maximum atomic E-state index is 11.1. The van der Waals surface area contributed by atoms with Gasteiger partial charge in [0.15, 0.2) is 0 Å². The van der Waals surface area contributed by atoms with E-state index in [-0.39, 0.29) is 18.5 Å². The van der Waals surface area contributed by atoms with Gasteiger partial charge in [0.1, 0.15) is 18.3 Å². The van der Waals surface area contributed by atoms with Gasteiger partial charge >= 0.3 is 5.97 Å². The summed E-state index contributed by atoms with van der Waals surface area (Å²) in [7, 11) is 0. The van der Waals surface area contributed by atoms with Crippen molar-refractivity contribution in [2.45, 2.75) is 32.3 Å². The third kappa shape index (κ3) is 3.24. The first-order valence-electron chi connectivity index (χ1n) is 4.90. The molecule has 0 fully saturated rings. The maximum Gasteiger partial charge on any atom is 0.313 e. The molecule has 0 saturated carbocycles. The van der Waals surface area contributed by atoms with Crippen molar-refractivity contribution in [2.24, 2.45) is 0 Å². The number of hydrogen-bond acceptors (Lipinski definition) is 3. The van der Waals surface area contributed by atoms with E-state index in [1.54, 1.807) is 13.0 Å². The van der Waals surface area contributed by atoms with Crippen LogP contribution in [0, 0.1) is 0 Å². The van der Waals surface area contributed by atoms with Crippen molar-refractivity contribution in [1.29, 1.82) is 0 Å². The summed E-state index contributed by atoms with van der Waals surface area (Å²) >= 11 is 0. The summed E-state index contributed by atoms with van der Waals surface area (Å²) in [5, 5.41) is 0. The van der Waals surface area contributed by atoms with Crippen LogP contribution in [0.1, 0.15) is 26.2 Å². The van der Waals surface area contributed by atoms with Crippen molar-refractivity contribution in [3.63, 3.8) is 0 Å². The lowest BCUT2D eigenvalue weighted by atomic mass is 10.1. The van der Waals surface area contributed by atoms with Crippen LogP contribution in [0.2, 0.25) is 0 Å². The van der Waals surface area contributed by atoms with Gasteiger partial charge in [0.2, 0.25) is 0 Å². The molecular weight excluding hydrogens is 180 g/mol. The minimum absolute atomic E-state index is 0.0458. The van der Waals surface area contributed by atoms with E-state index in [1.807, 2.05) is 6.08 Å². The molecule has 1 heterocycles. The lowest BCUT2D eigenvalue weighted by Gasteiger charge is -2.21. The van der Waals surface area contributed by atoms with Gasteiger partial charge in [0.25, 0.3) is 0 Å². The van der Waals surface area contributed by atoms with Crippen LogP contribution in [0.3, 0.4) is 0 Å². The van der Waals surface area contributed by atoms with Crippen molar-refractivity contribution in [3.05, 3.63) is 24.5 Å². The SMILES string of the molecule is C=CC1CCC=C(CC(=O)OCC)O1. The summed E-state index contributed by atoms with van der Waals surface area (Å²) in [6.07, 6.45) is 5.86. The highest BCUT2D eigenvalue weighted by molar-refractivity contribution is 5.71. The first-order valence-corrected chi connectivity index (χ1v) is 4.90. The van der Waals surface area contributed by atoms with Crippen LogP contribution in [0.5, 0.6) is 0 Å². The van der Waals surface area contributed by atoms with Gasteiger partial charge in [-0.25, -0.2) is 0 Å². The summed E-state index contributed by atoms with van der Waals surface area (Å²) in [4.78, 5) is 11.1. The van der Waals surface area contributed by atoms with Crippen molar-refractivity contribution in [3.8, 4) is 0 Å². The van der Waals surface area contributed by atoms with Crippen LogP contribution in [0.15, 0.2) is 24.5 Å². The van der Waals surface area contributed by atoms with Crippen LogP contribution in [-0.2, 0) is 14.3 Å². The zero-order valence-corrected chi connectivity index (χ0v) is 8.49. The Morgan fingerprint density at radius 2 is 2.64 bits per heavy atom. The average molecular weight is 196 g/mol. The molecule has 0 saturated heterocycles. The van der Waals surface area contributed by atoms with Gasteiger partial charge in [-0.2, -0.15) is 0 Å². The van der Waals surface area contributed by atoms with E-state index in [0.29, 0.717) is 12.4 Å². The summed E-state index contributed by atoms with van der Waals surface area (Å²) in [5.74, 6) is 0.475. The van der Waals surface area contributed by atoms with Gasteiger partial charge in [-0.1, -0.05) is 12.7 Å². The second-order valence-corrected chi connectivity index (χ2v) is 3.12. The molecule has 78 valence electrons. The molecule has 1 atom stereocenters. The Morgan fingerprint density at radius 1 is 1.86 bits per heavy atom. The Balaban J connectivity index is 2.40. The molecular formula is C11H16O3. The van der Waals surface area contributed by atoms with E-state index in [4.69, 9.17) is 9.47 Å². The number of allylic oxidation sites excluding steroid dienone is 1. The molecule has 3 nitrogen and oxygen atoms in total. The number of hydrogen-bond donors (Lipinski definition) is 0. The first kappa shape index (κ1) is 10.8. The third-order valence-electron chi connectivity index (χ3n) is 2.01. The van der Waals surface area contributed by atoms with E-state index in [1.165, 1.54) is 0 Å². The second kappa shape index (κ2) is 5.47. The van der Waals surface area contributed by atoms with Gasteiger partial charge in [-0.05, 0) is 25.8 Å². The Bertz CT molecular complexity index is 243. The van der Waals surface area contributed by atoms with E-state index >= 15 is 0 Å². The molecule has 0 aromatic rings. The summed E-state index contributed by atoms with van der Waals surface area (Å²) in [6.45, 7) is 5.87. The molecule has 0 aliphatic carbocycles. The largest absolute Gasteiger partial charge is 0.490 e. The van der Waals surface area contributed by atoms with Gasteiger partial charge in [0, 0.05) is 0 Å². The summed E-state index contributed by atoms with van der Waals surface area (Å²) in [5.41, 5.74) is 0. The Hall–Kier alpha value is -1.25. The fourth-order valence-electron chi connectivity index (χ4n) is 1.34. The average Bonchev–Trinajstić information content (AvgIpc) is 2.18. The highest BCUT2D eigenvalue weighted by Crippen LogP contribution is 2.20. The fourth-order valence-corrected chi connectivity index (χ4v) is 1.34. The summed E-state index contributed by atoms with van der Waals surface area (Å²) in [6, 6.07) is 0. The zero-order valence-electron chi connectivity index (χ0n) is 8.49. The smallest absolute Gasteiger partial charge is 0.313 e. The molecule has 0 N–H and O–H groups in total. The normalized spacial score (nSPS) is 20.6. The van der Waals surface area contributed by atoms with Crippen molar-refractivity contribution >= 4 is 5.97 Å². The first-order chi connectivity index (χ1) is 6.76. The number of ether oxygens (including phenoxy) is 2. The molecule has 3 heteroatoms. The fraction of sp³-hybridized carbons (Fsp3) is 0.545. The van der Waals surface area contributed by atoms with Crippen molar-refractivity contribution in [1.82, 2.24) is 0 Å². The molecule has 0 spiro atoms. The molecule has 0 radical (unpaired) electrons. The minimum atomic E-state index is -0.233. The van der Waals surface area contributed by atoms with Crippen LogP contribution in [0.25, 0.3) is 0 Å². The molecule has 1 rings (SSSR count). The highest BCUT2D eigenvalue weighted by atomic mass is 16.5. The third-order valence-corrected chi connectivity index (χ3v) is 2.01. The lowest BCUT2D eigenvalue weighted by Crippen LogP contribution is -2.16. The molecule has 0 bridgehead atoms. The molecule has 0 aromatic heterocycles. The molecule has 1 unspecified atom stereocenters. The zero-order chi connectivity index (χ0) is 10.4. The minimum Gasteiger partial charge on any atom is -0.490 e. The van der Waals surface area contributed by atoms with Gasteiger partial charge in [-0.3, -0.25) is 4.79 Å². The molecule has 1 aliphatic heterocycles. The predicted octanol–water partition coefficient (Wildman–Crippen LogP) is 2.19.